The Morgan fingerprint density at radius 2 is 1.85 bits per heavy atom. The minimum atomic E-state index is -0.485. The summed E-state index contributed by atoms with van der Waals surface area (Å²) in [5.74, 6) is -0.406. The van der Waals surface area contributed by atoms with Crippen molar-refractivity contribution < 1.29 is 23.8 Å². The average Bonchev–Trinajstić information content (AvgIpc) is 3.36. The average molecular weight is 360 g/mol. The van der Waals surface area contributed by atoms with E-state index in [1.165, 1.54) is 0 Å². The van der Waals surface area contributed by atoms with Gasteiger partial charge in [0.2, 0.25) is 11.8 Å². The summed E-state index contributed by atoms with van der Waals surface area (Å²) >= 11 is 0. The molecule has 1 spiro atoms. The number of nitrogens with one attached hydrogen (secondary N) is 1. The first kappa shape index (κ1) is 17.3. The molecule has 2 amide bonds. The molecule has 1 saturated carbocycles. The lowest BCUT2D eigenvalue weighted by Gasteiger charge is -2.37. The van der Waals surface area contributed by atoms with Crippen LogP contribution in [-0.4, -0.2) is 55.9 Å². The molecule has 2 aliphatic heterocycles. The van der Waals surface area contributed by atoms with E-state index in [1.807, 2.05) is 17.0 Å². The Kier molecular flexibility index (Phi) is 4.58. The number of amides is 2. The zero-order chi connectivity index (χ0) is 18.1. The van der Waals surface area contributed by atoms with E-state index in [2.05, 4.69) is 5.32 Å². The van der Waals surface area contributed by atoms with Gasteiger partial charge in [-0.3, -0.25) is 9.59 Å². The van der Waals surface area contributed by atoms with Gasteiger partial charge in [-0.05, 0) is 18.6 Å². The molecule has 1 aromatic rings. The van der Waals surface area contributed by atoms with Crippen molar-refractivity contribution in [2.75, 3.05) is 38.7 Å². The quantitative estimate of drug-likeness (QED) is 0.883. The number of anilines is 1. The zero-order valence-electron chi connectivity index (χ0n) is 14.9. The molecule has 4 rings (SSSR count). The van der Waals surface area contributed by atoms with Crippen LogP contribution in [0.5, 0.6) is 5.75 Å². The largest absolute Gasteiger partial charge is 0.495 e. The summed E-state index contributed by atoms with van der Waals surface area (Å²) < 4.78 is 16.6. The minimum Gasteiger partial charge on any atom is -0.495 e. The maximum atomic E-state index is 12.7. The first-order valence-corrected chi connectivity index (χ1v) is 9.12. The van der Waals surface area contributed by atoms with Gasteiger partial charge < -0.3 is 24.4 Å². The Labute approximate surface area is 152 Å². The summed E-state index contributed by atoms with van der Waals surface area (Å²) in [6.07, 6.45) is 2.00. The number of rotatable bonds is 4. The van der Waals surface area contributed by atoms with Gasteiger partial charge in [-0.15, -0.1) is 0 Å². The van der Waals surface area contributed by atoms with Gasteiger partial charge in [0.15, 0.2) is 5.79 Å². The minimum absolute atomic E-state index is 0.0676. The number of hydrogen-bond acceptors (Lipinski definition) is 5. The molecule has 2 atom stereocenters. The number of likely N-dealkylation sites (tertiary alicyclic amines) is 1. The third-order valence-electron chi connectivity index (χ3n) is 5.46. The first-order valence-electron chi connectivity index (χ1n) is 9.12. The van der Waals surface area contributed by atoms with E-state index in [4.69, 9.17) is 14.2 Å². The molecule has 2 saturated heterocycles. The summed E-state index contributed by atoms with van der Waals surface area (Å²) in [6, 6.07) is 7.27. The van der Waals surface area contributed by atoms with Crippen LogP contribution >= 0.6 is 0 Å². The van der Waals surface area contributed by atoms with E-state index in [0.717, 1.165) is 0 Å². The highest BCUT2D eigenvalue weighted by atomic mass is 16.7. The highest BCUT2D eigenvalue weighted by Crippen LogP contribution is 2.42. The van der Waals surface area contributed by atoms with Crippen molar-refractivity contribution in [3.05, 3.63) is 24.3 Å². The van der Waals surface area contributed by atoms with Crippen molar-refractivity contribution in [1.29, 1.82) is 0 Å². The first-order chi connectivity index (χ1) is 12.6. The van der Waals surface area contributed by atoms with Crippen LogP contribution in [0.3, 0.4) is 0 Å². The number of methoxy groups -OCH3 is 1. The summed E-state index contributed by atoms with van der Waals surface area (Å²) in [5, 5.41) is 2.88. The normalized spacial score (nSPS) is 26.6. The number of piperidine rings is 1. The van der Waals surface area contributed by atoms with Gasteiger partial charge in [-0.1, -0.05) is 12.1 Å². The van der Waals surface area contributed by atoms with E-state index < -0.39 is 5.79 Å². The van der Waals surface area contributed by atoms with Crippen LogP contribution in [0.25, 0.3) is 0 Å². The topological polar surface area (TPSA) is 77.1 Å². The van der Waals surface area contributed by atoms with Crippen molar-refractivity contribution in [1.82, 2.24) is 4.90 Å². The molecule has 1 aliphatic carbocycles. The van der Waals surface area contributed by atoms with Crippen molar-refractivity contribution >= 4 is 17.5 Å². The number of para-hydroxylation sites is 2. The van der Waals surface area contributed by atoms with Crippen LogP contribution in [0.15, 0.2) is 24.3 Å². The molecule has 7 heteroatoms. The fourth-order valence-electron chi connectivity index (χ4n) is 3.82. The van der Waals surface area contributed by atoms with Crippen LogP contribution in [0.1, 0.15) is 19.3 Å². The highest BCUT2D eigenvalue weighted by molar-refractivity contribution is 6.00. The van der Waals surface area contributed by atoms with Gasteiger partial charge in [0, 0.05) is 25.9 Å². The molecular weight excluding hydrogens is 336 g/mol. The van der Waals surface area contributed by atoms with Crippen LogP contribution in [0, 0.1) is 11.8 Å². The Morgan fingerprint density at radius 3 is 2.54 bits per heavy atom. The van der Waals surface area contributed by atoms with E-state index in [0.29, 0.717) is 57.0 Å². The number of benzene rings is 1. The summed E-state index contributed by atoms with van der Waals surface area (Å²) in [7, 11) is 1.56. The monoisotopic (exact) mass is 360 g/mol. The Balaban J connectivity index is 1.30. The summed E-state index contributed by atoms with van der Waals surface area (Å²) in [5.41, 5.74) is 0.633. The molecule has 0 radical (unpaired) electrons. The van der Waals surface area contributed by atoms with Gasteiger partial charge in [0.05, 0.1) is 37.8 Å². The number of ether oxygens (including phenoxy) is 3. The zero-order valence-corrected chi connectivity index (χ0v) is 14.9. The van der Waals surface area contributed by atoms with Crippen molar-refractivity contribution in [2.45, 2.75) is 25.0 Å². The Hall–Kier alpha value is -2.12. The van der Waals surface area contributed by atoms with Gasteiger partial charge in [0.1, 0.15) is 5.75 Å². The Morgan fingerprint density at radius 1 is 1.15 bits per heavy atom. The molecule has 2 heterocycles. The second kappa shape index (κ2) is 6.89. The third-order valence-corrected chi connectivity index (χ3v) is 5.46. The van der Waals surface area contributed by atoms with Crippen LogP contribution in [0.4, 0.5) is 5.69 Å². The van der Waals surface area contributed by atoms with Gasteiger partial charge >= 0.3 is 0 Å². The predicted molar refractivity (Wildman–Crippen MR) is 93.7 cm³/mol. The molecule has 140 valence electrons. The molecule has 3 fully saturated rings. The third kappa shape index (κ3) is 3.29. The molecule has 3 aliphatic rings. The Bertz CT molecular complexity index is 691. The smallest absolute Gasteiger partial charge is 0.228 e. The second-order valence-corrected chi connectivity index (χ2v) is 7.07. The molecule has 26 heavy (non-hydrogen) atoms. The number of nitrogens with zero attached hydrogens (tertiary/aromatic N) is 1. The van der Waals surface area contributed by atoms with E-state index >= 15 is 0 Å². The number of carbonyl (C=O) groups excluding carboxylic acids is 2. The van der Waals surface area contributed by atoms with Crippen molar-refractivity contribution in [2.24, 2.45) is 11.8 Å². The summed E-state index contributed by atoms with van der Waals surface area (Å²) in [4.78, 5) is 27.0. The molecule has 0 bridgehead atoms. The van der Waals surface area contributed by atoms with Crippen molar-refractivity contribution in [3.8, 4) is 5.75 Å². The lowest BCUT2D eigenvalue weighted by atomic mass is 10.0. The van der Waals surface area contributed by atoms with E-state index in [-0.39, 0.29) is 23.7 Å². The van der Waals surface area contributed by atoms with E-state index in [1.54, 1.807) is 19.2 Å². The van der Waals surface area contributed by atoms with Gasteiger partial charge in [-0.25, -0.2) is 0 Å². The molecule has 2 unspecified atom stereocenters. The predicted octanol–water partition coefficient (Wildman–Crippen LogP) is 1.64. The highest BCUT2D eigenvalue weighted by Gasteiger charge is 2.51. The fraction of sp³-hybridized carbons (Fsp3) is 0.579. The standard InChI is InChI=1S/C19H24N2O5/c1-24-16-5-3-2-4-15(16)20-17(22)13-12-14(13)18(23)21-8-6-19(7-9-21)25-10-11-26-19/h2-5,13-14H,6-12H2,1H3,(H,20,22). The second-order valence-electron chi connectivity index (χ2n) is 7.07. The van der Waals surface area contributed by atoms with Gasteiger partial charge in [-0.2, -0.15) is 0 Å². The SMILES string of the molecule is COc1ccccc1NC(=O)C1CC1C(=O)N1CCC2(CC1)OCCO2. The molecule has 1 aromatic carbocycles. The molecule has 0 aromatic heterocycles. The lowest BCUT2D eigenvalue weighted by Crippen LogP contribution is -2.48. The number of carbonyl (C=O) groups is 2. The maximum Gasteiger partial charge on any atom is 0.228 e. The lowest BCUT2D eigenvalue weighted by molar-refractivity contribution is -0.187. The van der Waals surface area contributed by atoms with E-state index in [9.17, 15) is 9.59 Å². The van der Waals surface area contributed by atoms with Gasteiger partial charge in [0.25, 0.3) is 0 Å². The van der Waals surface area contributed by atoms with Crippen molar-refractivity contribution in [3.63, 3.8) is 0 Å². The molecule has 7 nitrogen and oxygen atoms in total. The van der Waals surface area contributed by atoms with Crippen LogP contribution in [-0.2, 0) is 19.1 Å². The number of hydrogen-bond donors (Lipinski definition) is 1. The van der Waals surface area contributed by atoms with Crippen LogP contribution in [0.2, 0.25) is 0 Å². The van der Waals surface area contributed by atoms with Crippen LogP contribution < -0.4 is 10.1 Å². The molecule has 1 N–H and O–H groups in total. The fourth-order valence-corrected chi connectivity index (χ4v) is 3.82. The summed E-state index contributed by atoms with van der Waals surface area (Å²) in [6.45, 7) is 2.50. The maximum absolute atomic E-state index is 12.7. The molecular formula is C19H24N2O5.